The van der Waals surface area contributed by atoms with E-state index in [1.807, 2.05) is 24.4 Å². The van der Waals surface area contributed by atoms with Gasteiger partial charge in [0.15, 0.2) is 0 Å². The Balaban J connectivity index is 1.36. The average Bonchev–Trinajstić information content (AvgIpc) is 3.19. The predicted molar refractivity (Wildman–Crippen MR) is 112 cm³/mol. The van der Waals surface area contributed by atoms with Crippen molar-refractivity contribution in [2.75, 3.05) is 5.32 Å². The average molecular weight is 374 g/mol. The van der Waals surface area contributed by atoms with Gasteiger partial charge in [0, 0.05) is 30.1 Å². The number of anilines is 2. The van der Waals surface area contributed by atoms with Crippen LogP contribution in [0.4, 0.5) is 11.5 Å². The second-order valence-corrected chi connectivity index (χ2v) is 8.23. The Morgan fingerprint density at radius 3 is 2.79 bits per heavy atom. The van der Waals surface area contributed by atoms with Crippen LogP contribution in [-0.4, -0.2) is 25.9 Å². The number of pyridine rings is 1. The van der Waals surface area contributed by atoms with E-state index in [2.05, 4.69) is 44.2 Å². The van der Waals surface area contributed by atoms with Crippen molar-refractivity contribution in [1.29, 1.82) is 0 Å². The van der Waals surface area contributed by atoms with E-state index in [-0.39, 0.29) is 0 Å². The van der Waals surface area contributed by atoms with Crippen molar-refractivity contribution in [3.8, 4) is 0 Å². The molecular weight excluding hydrogens is 346 g/mol. The van der Waals surface area contributed by atoms with E-state index in [0.717, 1.165) is 47.1 Å². The Kier molecular flexibility index (Phi) is 4.69. The zero-order valence-electron chi connectivity index (χ0n) is 16.4. The highest BCUT2D eigenvalue weighted by molar-refractivity contribution is 5.82. The summed E-state index contributed by atoms with van der Waals surface area (Å²) in [5.74, 6) is 1.73. The van der Waals surface area contributed by atoms with E-state index in [1.54, 1.807) is 6.33 Å². The minimum absolute atomic E-state index is 0.602. The molecule has 1 aliphatic heterocycles. The molecule has 0 spiro atoms. The Morgan fingerprint density at radius 2 is 1.89 bits per heavy atom. The number of nitrogens with zero attached hydrogens (tertiary/aromatic N) is 4. The van der Waals surface area contributed by atoms with Gasteiger partial charge in [-0.2, -0.15) is 0 Å². The third-order valence-corrected chi connectivity index (χ3v) is 6.51. The molecule has 2 aliphatic rings. The number of para-hydroxylation sites is 1. The lowest BCUT2D eigenvalue weighted by Gasteiger charge is -2.33. The number of nitrogens with one attached hydrogen (secondary N) is 1. The number of aromatic nitrogens is 3. The molecule has 1 atom stereocenters. The Labute approximate surface area is 166 Å². The van der Waals surface area contributed by atoms with E-state index >= 15 is 0 Å². The largest absolute Gasteiger partial charge is 0.339 e. The molecule has 28 heavy (non-hydrogen) atoms. The van der Waals surface area contributed by atoms with Crippen LogP contribution in [-0.2, 0) is 13.1 Å². The second kappa shape index (κ2) is 7.47. The first-order chi connectivity index (χ1) is 13.8. The maximum Gasteiger partial charge on any atom is 0.138 e. The molecule has 144 valence electrons. The minimum atomic E-state index is 0.602. The van der Waals surface area contributed by atoms with Crippen LogP contribution in [0.25, 0.3) is 10.9 Å². The van der Waals surface area contributed by atoms with Gasteiger partial charge in [0.05, 0.1) is 23.1 Å². The third-order valence-electron chi connectivity index (χ3n) is 6.51. The molecule has 1 N–H and O–H groups in total. The molecule has 0 bridgehead atoms. The van der Waals surface area contributed by atoms with E-state index < -0.39 is 0 Å². The number of hydrogen-bond donors (Lipinski definition) is 1. The van der Waals surface area contributed by atoms with Crippen LogP contribution in [0.2, 0.25) is 0 Å². The molecule has 1 unspecified atom stereocenters. The normalized spacial score (nSPS) is 18.9. The molecule has 1 aromatic carbocycles. The molecule has 1 fully saturated rings. The van der Waals surface area contributed by atoms with Gasteiger partial charge in [-0.05, 0) is 37.8 Å². The summed E-state index contributed by atoms with van der Waals surface area (Å²) in [7, 11) is 0. The lowest BCUT2D eigenvalue weighted by Crippen LogP contribution is -2.35. The van der Waals surface area contributed by atoms with Crippen molar-refractivity contribution in [2.45, 2.75) is 58.2 Å². The summed E-state index contributed by atoms with van der Waals surface area (Å²) >= 11 is 0. The van der Waals surface area contributed by atoms with Crippen LogP contribution in [0, 0.1) is 5.92 Å². The molecule has 3 heterocycles. The van der Waals surface area contributed by atoms with Gasteiger partial charge in [0.1, 0.15) is 12.1 Å². The fourth-order valence-corrected chi connectivity index (χ4v) is 4.79. The summed E-state index contributed by atoms with van der Waals surface area (Å²) in [5, 5.41) is 4.63. The minimum Gasteiger partial charge on any atom is -0.339 e. The summed E-state index contributed by atoms with van der Waals surface area (Å²) in [5.41, 5.74) is 4.37. The molecule has 5 heteroatoms. The molecule has 5 nitrogen and oxygen atoms in total. The van der Waals surface area contributed by atoms with Crippen LogP contribution in [0.5, 0.6) is 0 Å². The van der Waals surface area contributed by atoms with Crippen molar-refractivity contribution < 1.29 is 0 Å². The van der Waals surface area contributed by atoms with Crippen molar-refractivity contribution in [2.24, 2.45) is 5.92 Å². The van der Waals surface area contributed by atoms with Gasteiger partial charge in [-0.15, -0.1) is 0 Å². The molecule has 5 rings (SSSR count). The summed E-state index contributed by atoms with van der Waals surface area (Å²) in [6, 6.07) is 10.9. The lowest BCUT2D eigenvalue weighted by atomic mass is 9.84. The smallest absolute Gasteiger partial charge is 0.138 e. The van der Waals surface area contributed by atoms with Crippen LogP contribution in [0.3, 0.4) is 0 Å². The quantitative estimate of drug-likeness (QED) is 0.693. The Bertz CT molecular complexity index is 980. The highest BCUT2D eigenvalue weighted by Crippen LogP contribution is 2.35. The fourth-order valence-electron chi connectivity index (χ4n) is 4.79. The third kappa shape index (κ3) is 3.35. The maximum absolute atomic E-state index is 4.58. The molecular formula is C23H27N5. The molecule has 0 radical (unpaired) electrons. The first-order valence-corrected chi connectivity index (χ1v) is 10.5. The van der Waals surface area contributed by atoms with Gasteiger partial charge in [-0.1, -0.05) is 37.5 Å². The first kappa shape index (κ1) is 17.6. The first-order valence-electron chi connectivity index (χ1n) is 10.5. The molecule has 2 aromatic heterocycles. The van der Waals surface area contributed by atoms with Gasteiger partial charge in [-0.3, -0.25) is 9.88 Å². The Morgan fingerprint density at radius 1 is 1.04 bits per heavy atom. The standard InChI is InChI=1S/C23H27N5/c1-16(17-7-3-2-4-8-17)28-13-20-22(14-28)25-15-26-23(20)27-19-11-18-9-5-6-10-21(18)24-12-19/h5-6,9-12,15-17H,2-4,7-8,13-14H2,1H3,(H,25,26,27). The molecule has 3 aromatic rings. The molecule has 0 saturated heterocycles. The number of rotatable bonds is 4. The van der Waals surface area contributed by atoms with E-state index in [9.17, 15) is 0 Å². The number of benzene rings is 1. The van der Waals surface area contributed by atoms with Crippen LogP contribution in [0.15, 0.2) is 42.9 Å². The number of fused-ring (bicyclic) bond motifs is 2. The molecule has 1 saturated carbocycles. The predicted octanol–water partition coefficient (Wildman–Crippen LogP) is 5.05. The van der Waals surface area contributed by atoms with Gasteiger partial charge in [0.2, 0.25) is 0 Å². The summed E-state index contributed by atoms with van der Waals surface area (Å²) < 4.78 is 0. The van der Waals surface area contributed by atoms with Crippen LogP contribution < -0.4 is 5.32 Å². The number of hydrogen-bond acceptors (Lipinski definition) is 5. The van der Waals surface area contributed by atoms with Gasteiger partial charge in [0.25, 0.3) is 0 Å². The lowest BCUT2D eigenvalue weighted by molar-refractivity contribution is 0.128. The zero-order valence-corrected chi connectivity index (χ0v) is 16.4. The monoisotopic (exact) mass is 373 g/mol. The van der Waals surface area contributed by atoms with Gasteiger partial charge in [-0.25, -0.2) is 9.97 Å². The van der Waals surface area contributed by atoms with E-state index in [0.29, 0.717) is 6.04 Å². The topological polar surface area (TPSA) is 53.9 Å². The van der Waals surface area contributed by atoms with Crippen molar-refractivity contribution in [1.82, 2.24) is 19.9 Å². The molecule has 1 aliphatic carbocycles. The van der Waals surface area contributed by atoms with Crippen LogP contribution in [0.1, 0.15) is 50.3 Å². The van der Waals surface area contributed by atoms with Crippen molar-refractivity contribution in [3.05, 3.63) is 54.1 Å². The summed E-state index contributed by atoms with van der Waals surface area (Å²) in [4.78, 5) is 16.3. The molecule has 0 amide bonds. The highest BCUT2D eigenvalue weighted by Gasteiger charge is 2.31. The van der Waals surface area contributed by atoms with Crippen LogP contribution >= 0.6 is 0 Å². The fraction of sp³-hybridized carbons (Fsp3) is 0.435. The van der Waals surface area contributed by atoms with Crippen molar-refractivity contribution in [3.63, 3.8) is 0 Å². The van der Waals surface area contributed by atoms with E-state index in [4.69, 9.17) is 0 Å². The summed E-state index contributed by atoms with van der Waals surface area (Å²) in [6.45, 7) is 4.26. The summed E-state index contributed by atoms with van der Waals surface area (Å²) in [6.07, 6.45) is 10.5. The van der Waals surface area contributed by atoms with Gasteiger partial charge >= 0.3 is 0 Å². The van der Waals surface area contributed by atoms with Crippen molar-refractivity contribution >= 4 is 22.4 Å². The second-order valence-electron chi connectivity index (χ2n) is 8.23. The van der Waals surface area contributed by atoms with E-state index in [1.165, 1.54) is 37.7 Å². The zero-order chi connectivity index (χ0) is 18.9. The van der Waals surface area contributed by atoms with Gasteiger partial charge < -0.3 is 5.32 Å². The SMILES string of the molecule is CC(C1CCCCC1)N1Cc2ncnc(Nc3cnc4ccccc4c3)c2C1. The maximum atomic E-state index is 4.58. The highest BCUT2D eigenvalue weighted by atomic mass is 15.2. The Hall–Kier alpha value is -2.53.